The molecule has 1 heterocycles. The number of esters is 2. The third-order valence-electron chi connectivity index (χ3n) is 14.4. The Morgan fingerprint density at radius 3 is 2.15 bits per heavy atom. The Labute approximate surface area is 362 Å². The van der Waals surface area contributed by atoms with Crippen molar-refractivity contribution >= 4 is 35.1 Å². The molecule has 4 aliphatic rings. The third-order valence-corrected chi connectivity index (χ3v) is 14.7. The van der Waals surface area contributed by atoms with Crippen molar-refractivity contribution in [2.45, 2.75) is 96.1 Å². The predicted octanol–water partition coefficient (Wildman–Crippen LogP) is 9.19. The average molecular weight is 849 g/mol. The second-order valence-corrected chi connectivity index (χ2v) is 17.7. The Hall–Kier alpha value is -5.19. The maximum Gasteiger partial charge on any atom is 0.306 e. The minimum absolute atomic E-state index is 0.0430. The van der Waals surface area contributed by atoms with Crippen LogP contribution in [0.3, 0.4) is 0 Å². The van der Waals surface area contributed by atoms with E-state index in [1.54, 1.807) is 40.0 Å². The molecule has 0 radical (unpaired) electrons. The number of hydrogen-bond donors (Lipinski definition) is 1. The first kappa shape index (κ1) is 43.9. The van der Waals surface area contributed by atoms with Gasteiger partial charge in [0.15, 0.2) is 23.7 Å². The zero-order valence-corrected chi connectivity index (χ0v) is 36.1. The average Bonchev–Trinajstić information content (AvgIpc) is 3.88. The number of carbonyl (C=O) groups is 4. The number of carbonyl (C=O) groups excluding carboxylic acids is 4. The van der Waals surface area contributed by atoms with Crippen LogP contribution in [0.1, 0.15) is 89.8 Å². The number of nitrogens with zero attached hydrogens (tertiary/aromatic N) is 2. The van der Waals surface area contributed by atoms with Crippen LogP contribution in [0.2, 0.25) is 5.02 Å². The minimum Gasteiger partial charge on any atom is -0.457 e. The zero-order valence-electron chi connectivity index (χ0n) is 35.4. The number of benzene rings is 3. The molecule has 1 N–H and O–H groups in total. The third kappa shape index (κ3) is 6.90. The monoisotopic (exact) mass is 848 g/mol. The Kier molecular flexibility index (Phi) is 12.2. The highest BCUT2D eigenvalue weighted by Gasteiger charge is 2.77. The maximum absolute atomic E-state index is 17.4. The number of ether oxygens (including phenoxy) is 2. The lowest BCUT2D eigenvalue weighted by Gasteiger charge is -2.62. The lowest BCUT2D eigenvalue weighted by atomic mass is 9.44. The van der Waals surface area contributed by atoms with Crippen molar-refractivity contribution in [3.63, 3.8) is 0 Å². The topological polar surface area (TPSA) is 125 Å². The molecule has 320 valence electrons. The van der Waals surface area contributed by atoms with E-state index in [4.69, 9.17) is 21.1 Å². The van der Waals surface area contributed by atoms with Gasteiger partial charge in [0, 0.05) is 58.5 Å². The summed E-state index contributed by atoms with van der Waals surface area (Å²) in [6, 6.07) is 28.8. The molecule has 0 saturated heterocycles. The number of hydrogen-bond acceptors (Lipinski definition) is 8. The van der Waals surface area contributed by atoms with Gasteiger partial charge in [-0.2, -0.15) is 0 Å². The highest BCUT2D eigenvalue weighted by molar-refractivity contribution is 6.31. The van der Waals surface area contributed by atoms with Gasteiger partial charge in [0.05, 0.1) is 12.4 Å². The Bertz CT molecular complexity index is 2290. The van der Waals surface area contributed by atoms with Gasteiger partial charge in [0.2, 0.25) is 5.78 Å². The molecule has 8 atom stereocenters. The Morgan fingerprint density at radius 2 is 1.56 bits per heavy atom. The maximum atomic E-state index is 17.4. The van der Waals surface area contributed by atoms with Crippen LogP contribution in [0.4, 0.5) is 4.39 Å². The molecule has 3 saturated carbocycles. The highest BCUT2D eigenvalue weighted by Crippen LogP contribution is 2.71. The van der Waals surface area contributed by atoms with Gasteiger partial charge in [-0.15, -0.1) is 0 Å². The quantitative estimate of drug-likeness (QED) is 0.124. The highest BCUT2D eigenvalue weighted by atomic mass is 35.5. The fraction of sp³-hybridized carbons (Fsp3) is 0.420. The molecule has 1 unspecified atom stereocenters. The van der Waals surface area contributed by atoms with Gasteiger partial charge in [-0.3, -0.25) is 19.2 Å². The molecule has 9 nitrogen and oxygen atoms in total. The Balaban J connectivity index is 0.000000196. The number of rotatable bonds is 10. The number of Topliss-reactive ketones (excluding diaryl/α,β-unsaturated/α-hetero) is 1. The van der Waals surface area contributed by atoms with Gasteiger partial charge in [0.25, 0.3) is 0 Å². The largest absolute Gasteiger partial charge is 0.457 e. The van der Waals surface area contributed by atoms with E-state index in [-0.39, 0.29) is 31.0 Å². The summed E-state index contributed by atoms with van der Waals surface area (Å²) in [4.78, 5) is 54.6. The molecule has 61 heavy (non-hydrogen) atoms. The van der Waals surface area contributed by atoms with Crippen LogP contribution in [-0.2, 0) is 34.2 Å². The van der Waals surface area contributed by atoms with Crippen molar-refractivity contribution < 1.29 is 38.1 Å². The van der Waals surface area contributed by atoms with Gasteiger partial charge in [-0.25, -0.2) is 9.37 Å². The smallest absolute Gasteiger partial charge is 0.306 e. The fourth-order valence-electron chi connectivity index (χ4n) is 11.5. The molecular weight excluding hydrogens is 795 g/mol. The van der Waals surface area contributed by atoms with E-state index in [1.807, 2.05) is 49.8 Å². The first-order chi connectivity index (χ1) is 29.1. The summed E-state index contributed by atoms with van der Waals surface area (Å²) in [5.74, 6) is -3.31. The summed E-state index contributed by atoms with van der Waals surface area (Å²) >= 11 is 6.69. The number of imidazole rings is 1. The molecule has 3 fully saturated rings. The molecule has 8 rings (SSSR count). The molecular formula is C50H54ClFN2O7. The van der Waals surface area contributed by atoms with Gasteiger partial charge in [-0.1, -0.05) is 130 Å². The van der Waals surface area contributed by atoms with E-state index in [0.29, 0.717) is 24.8 Å². The summed E-state index contributed by atoms with van der Waals surface area (Å²) in [5, 5.41) is 12.3. The molecule has 0 spiro atoms. The molecule has 4 aromatic rings. The normalized spacial score (nSPS) is 30.1. The molecule has 11 heteroatoms. The van der Waals surface area contributed by atoms with Crippen LogP contribution in [0, 0.1) is 28.6 Å². The predicted molar refractivity (Wildman–Crippen MR) is 230 cm³/mol. The molecule has 0 aliphatic heterocycles. The van der Waals surface area contributed by atoms with E-state index in [9.17, 15) is 24.3 Å². The number of alkyl halides is 1. The van der Waals surface area contributed by atoms with Gasteiger partial charge >= 0.3 is 11.9 Å². The lowest BCUT2D eigenvalue weighted by Crippen LogP contribution is -2.70. The van der Waals surface area contributed by atoms with Crippen LogP contribution in [0.15, 0.2) is 127 Å². The van der Waals surface area contributed by atoms with Crippen LogP contribution in [0.25, 0.3) is 0 Å². The van der Waals surface area contributed by atoms with Crippen molar-refractivity contribution in [2.75, 3.05) is 6.61 Å². The van der Waals surface area contributed by atoms with Crippen molar-refractivity contribution in [3.8, 4) is 0 Å². The van der Waals surface area contributed by atoms with E-state index < -0.39 is 69.9 Å². The molecule has 4 aliphatic carbocycles. The summed E-state index contributed by atoms with van der Waals surface area (Å²) in [6.07, 6.45) is 9.96. The number of aliphatic hydroxyl groups is 1. The fourth-order valence-corrected chi connectivity index (χ4v) is 11.8. The molecule has 0 amide bonds. The van der Waals surface area contributed by atoms with E-state index >= 15 is 4.39 Å². The zero-order chi connectivity index (χ0) is 43.8. The molecule has 1 aromatic heterocycles. The first-order valence-corrected chi connectivity index (χ1v) is 21.6. The van der Waals surface area contributed by atoms with Crippen LogP contribution in [-0.4, -0.2) is 62.1 Å². The second-order valence-electron chi connectivity index (χ2n) is 17.3. The number of allylic oxidation sites excluding steroid dienone is 4. The van der Waals surface area contributed by atoms with Crippen LogP contribution >= 0.6 is 11.6 Å². The van der Waals surface area contributed by atoms with Crippen molar-refractivity contribution in [1.29, 1.82) is 0 Å². The first-order valence-electron chi connectivity index (χ1n) is 21.2. The van der Waals surface area contributed by atoms with E-state index in [1.165, 1.54) is 12.2 Å². The Morgan fingerprint density at radius 1 is 0.934 bits per heavy atom. The summed E-state index contributed by atoms with van der Waals surface area (Å²) < 4.78 is 30.6. The summed E-state index contributed by atoms with van der Waals surface area (Å²) in [5.41, 5.74) is -2.56. The number of aromatic nitrogens is 2. The van der Waals surface area contributed by atoms with Crippen LogP contribution in [0.5, 0.6) is 0 Å². The second kappa shape index (κ2) is 16.9. The molecule has 3 aromatic carbocycles. The number of halogens is 2. The van der Waals surface area contributed by atoms with Crippen molar-refractivity contribution in [2.24, 2.45) is 28.6 Å². The van der Waals surface area contributed by atoms with Crippen LogP contribution < -0.4 is 0 Å². The van der Waals surface area contributed by atoms with E-state index in [0.717, 1.165) is 21.7 Å². The van der Waals surface area contributed by atoms with E-state index in [2.05, 4.69) is 64.1 Å². The molecule has 0 bridgehead atoms. The van der Waals surface area contributed by atoms with Crippen molar-refractivity contribution in [1.82, 2.24) is 9.55 Å². The number of aliphatic hydroxyl groups excluding tert-OH is 1. The van der Waals surface area contributed by atoms with Gasteiger partial charge in [-0.05, 0) is 67.9 Å². The number of fused-ring (bicyclic) bond motifs is 5. The van der Waals surface area contributed by atoms with Gasteiger partial charge in [0.1, 0.15) is 5.54 Å². The van der Waals surface area contributed by atoms with Gasteiger partial charge < -0.3 is 19.1 Å². The SMILES string of the molecule is CCC(=O)OCC(=O)[C@@]1(OC(=O)CC)[C@@H](C)C[C@H]2[C@@H]3CCC4=CC(=O)C=C[C@]4(C)C3(F)[C@@H](O)C[C@@]21C.Clc1ccccc1C(c1ccccc1)(c1ccccc1)n1ccnc1. The number of ketones is 2. The van der Waals surface area contributed by atoms with Crippen molar-refractivity contribution in [3.05, 3.63) is 149 Å². The standard InChI is InChI=1S/C28H37FO7.C22H17ClN2/c1-6-23(33)35-15-22(32)28(36-24(34)7-2)16(3)12-20-19-9-8-17-13-18(30)10-11-25(17,4)27(19,29)21(31)14-26(20,28)5;23-21-14-8-7-13-20(21)22(25-16-15-24-17-25,18-9-3-1-4-10-18)19-11-5-2-6-12-19/h10-11,13,16,19-21,31H,6-9,12,14-15H2,1-5H3;1-17H/t16-,19-,20-,21-,25-,26-,27?,28-;/m0./s1. The minimum atomic E-state index is -2.05. The lowest BCUT2D eigenvalue weighted by molar-refractivity contribution is -0.228. The summed E-state index contributed by atoms with van der Waals surface area (Å²) in [6.45, 7) is 8.05. The summed E-state index contributed by atoms with van der Waals surface area (Å²) in [7, 11) is 0.